The number of para-hydroxylation sites is 1. The Labute approximate surface area is 159 Å². The number of piperazine rings is 1. The number of nitrogens with one attached hydrogen (secondary N) is 1. The van der Waals surface area contributed by atoms with Crippen LogP contribution in [0.2, 0.25) is 5.15 Å². The second-order valence-electron chi connectivity index (χ2n) is 6.05. The molecule has 0 bridgehead atoms. The zero-order chi connectivity index (χ0) is 19.4. The van der Waals surface area contributed by atoms with Crippen LogP contribution in [0, 0.1) is 0 Å². The molecule has 1 amide bonds. The molecular weight excluding hydrogens is 383 g/mol. The molecule has 3 rings (SSSR count). The highest BCUT2D eigenvalue weighted by Crippen LogP contribution is 2.34. The molecule has 144 valence electrons. The van der Waals surface area contributed by atoms with Crippen LogP contribution in [0.15, 0.2) is 36.7 Å². The quantitative estimate of drug-likeness (QED) is 0.856. The van der Waals surface area contributed by atoms with Crippen LogP contribution in [0.3, 0.4) is 0 Å². The van der Waals surface area contributed by atoms with Gasteiger partial charge in [0.05, 0.1) is 30.2 Å². The molecule has 2 heterocycles. The molecule has 0 unspecified atom stereocenters. The van der Waals surface area contributed by atoms with Gasteiger partial charge in [-0.3, -0.25) is 14.7 Å². The first-order valence-electron chi connectivity index (χ1n) is 8.24. The molecule has 0 atom stereocenters. The van der Waals surface area contributed by atoms with E-state index >= 15 is 0 Å². The first-order chi connectivity index (χ1) is 12.8. The summed E-state index contributed by atoms with van der Waals surface area (Å²) in [6.45, 7) is 2.38. The Morgan fingerprint density at radius 3 is 2.52 bits per heavy atom. The summed E-state index contributed by atoms with van der Waals surface area (Å²) in [6, 6.07) is 4.93. The van der Waals surface area contributed by atoms with E-state index in [-0.39, 0.29) is 12.2 Å². The molecule has 6 nitrogen and oxygen atoms in total. The number of hydrogen-bond donors (Lipinski definition) is 1. The Morgan fingerprint density at radius 1 is 1.15 bits per heavy atom. The van der Waals surface area contributed by atoms with Gasteiger partial charge in [0.15, 0.2) is 0 Å². The average Bonchev–Trinajstić information content (AvgIpc) is 2.62. The van der Waals surface area contributed by atoms with Crippen LogP contribution in [0.5, 0.6) is 0 Å². The van der Waals surface area contributed by atoms with Crippen LogP contribution in [0.25, 0.3) is 0 Å². The van der Waals surface area contributed by atoms with Crippen LogP contribution in [0.4, 0.5) is 24.7 Å². The number of alkyl halides is 3. The normalized spacial score (nSPS) is 15.6. The van der Waals surface area contributed by atoms with E-state index in [0.29, 0.717) is 37.1 Å². The van der Waals surface area contributed by atoms with Crippen molar-refractivity contribution in [2.24, 2.45) is 0 Å². The Morgan fingerprint density at radius 2 is 1.85 bits per heavy atom. The average molecular weight is 400 g/mol. The number of nitrogens with zero attached hydrogens (tertiary/aromatic N) is 4. The molecule has 1 N–H and O–H groups in total. The fraction of sp³-hybridized carbons (Fsp3) is 0.353. The minimum atomic E-state index is -4.52. The minimum Gasteiger partial charge on any atom is -0.353 e. The third-order valence-corrected chi connectivity index (χ3v) is 4.34. The van der Waals surface area contributed by atoms with Gasteiger partial charge in [0.1, 0.15) is 11.0 Å². The topological polar surface area (TPSA) is 61.4 Å². The van der Waals surface area contributed by atoms with Crippen LogP contribution >= 0.6 is 11.6 Å². The van der Waals surface area contributed by atoms with E-state index in [0.717, 1.165) is 6.07 Å². The third-order valence-electron chi connectivity index (χ3n) is 4.16. The highest BCUT2D eigenvalue weighted by atomic mass is 35.5. The molecule has 1 aliphatic heterocycles. The largest absolute Gasteiger partial charge is 0.418 e. The van der Waals surface area contributed by atoms with Gasteiger partial charge in [0.2, 0.25) is 5.91 Å². The van der Waals surface area contributed by atoms with Gasteiger partial charge in [-0.1, -0.05) is 23.7 Å². The lowest BCUT2D eigenvalue weighted by Crippen LogP contribution is -2.49. The number of hydrogen-bond acceptors (Lipinski definition) is 5. The summed E-state index contributed by atoms with van der Waals surface area (Å²) >= 11 is 5.84. The van der Waals surface area contributed by atoms with Crippen molar-refractivity contribution in [3.8, 4) is 0 Å². The Kier molecular flexibility index (Phi) is 5.81. The fourth-order valence-electron chi connectivity index (χ4n) is 2.85. The standard InChI is InChI=1S/C17H17ClF3N5O/c18-14-9-22-10-15(24-14)26-7-5-25(6-8-26)11-16(27)23-13-4-2-1-3-12(13)17(19,20)21/h1-4,9-10H,5-8,11H2,(H,23,27). The Hall–Kier alpha value is -2.39. The highest BCUT2D eigenvalue weighted by molar-refractivity contribution is 6.29. The van der Waals surface area contributed by atoms with Crippen LogP contribution < -0.4 is 10.2 Å². The molecule has 1 saturated heterocycles. The van der Waals surface area contributed by atoms with E-state index in [2.05, 4.69) is 15.3 Å². The number of rotatable bonds is 4. The SMILES string of the molecule is O=C(CN1CCN(c2cncc(Cl)n2)CC1)Nc1ccccc1C(F)(F)F. The van der Waals surface area contributed by atoms with E-state index in [4.69, 9.17) is 11.6 Å². The predicted molar refractivity (Wildman–Crippen MR) is 95.8 cm³/mol. The molecule has 1 aromatic carbocycles. The number of carbonyl (C=O) groups is 1. The van der Waals surface area contributed by atoms with Crippen molar-refractivity contribution in [3.05, 3.63) is 47.4 Å². The van der Waals surface area contributed by atoms with Gasteiger partial charge >= 0.3 is 6.18 Å². The summed E-state index contributed by atoms with van der Waals surface area (Å²) < 4.78 is 39.0. The van der Waals surface area contributed by atoms with Crippen LogP contribution in [0.1, 0.15) is 5.56 Å². The summed E-state index contributed by atoms with van der Waals surface area (Å²) in [7, 11) is 0. The molecule has 1 aromatic heterocycles. The van der Waals surface area contributed by atoms with Crippen molar-refractivity contribution in [3.63, 3.8) is 0 Å². The summed E-state index contributed by atoms with van der Waals surface area (Å²) in [6.07, 6.45) is -1.46. The second kappa shape index (κ2) is 8.10. The van der Waals surface area contributed by atoms with Crippen molar-refractivity contribution in [1.82, 2.24) is 14.9 Å². The molecule has 0 spiro atoms. The number of aromatic nitrogens is 2. The van der Waals surface area contributed by atoms with Crippen molar-refractivity contribution < 1.29 is 18.0 Å². The van der Waals surface area contributed by atoms with E-state index in [1.165, 1.54) is 24.4 Å². The highest BCUT2D eigenvalue weighted by Gasteiger charge is 2.33. The van der Waals surface area contributed by atoms with Gasteiger partial charge in [-0.2, -0.15) is 13.2 Å². The van der Waals surface area contributed by atoms with E-state index in [1.807, 2.05) is 9.80 Å². The van der Waals surface area contributed by atoms with Gasteiger partial charge < -0.3 is 10.2 Å². The molecule has 10 heteroatoms. The fourth-order valence-corrected chi connectivity index (χ4v) is 3.00. The summed E-state index contributed by atoms with van der Waals surface area (Å²) in [5.41, 5.74) is -1.09. The molecule has 2 aromatic rings. The smallest absolute Gasteiger partial charge is 0.353 e. The number of halogens is 4. The molecule has 1 fully saturated rings. The number of benzene rings is 1. The molecule has 27 heavy (non-hydrogen) atoms. The first kappa shape index (κ1) is 19.4. The summed E-state index contributed by atoms with van der Waals surface area (Å²) in [5.74, 6) is 0.174. The lowest BCUT2D eigenvalue weighted by molar-refractivity contribution is -0.137. The van der Waals surface area contributed by atoms with Crippen LogP contribution in [-0.2, 0) is 11.0 Å². The molecule has 0 aliphatic carbocycles. The van der Waals surface area contributed by atoms with Gasteiger partial charge in [-0.15, -0.1) is 0 Å². The number of carbonyl (C=O) groups excluding carboxylic acids is 1. The first-order valence-corrected chi connectivity index (χ1v) is 8.61. The second-order valence-corrected chi connectivity index (χ2v) is 6.44. The van der Waals surface area contributed by atoms with Crippen LogP contribution in [-0.4, -0.2) is 53.5 Å². The van der Waals surface area contributed by atoms with Gasteiger partial charge in [0, 0.05) is 26.2 Å². The Bertz CT molecular complexity index is 809. The molecule has 0 saturated carbocycles. The van der Waals surface area contributed by atoms with E-state index in [1.54, 1.807) is 6.20 Å². The Balaban J connectivity index is 1.55. The monoisotopic (exact) mass is 399 g/mol. The third kappa shape index (κ3) is 5.08. The van der Waals surface area contributed by atoms with Crippen molar-refractivity contribution in [1.29, 1.82) is 0 Å². The molecule has 0 radical (unpaired) electrons. The predicted octanol–water partition coefficient (Wildman–Crippen LogP) is 2.91. The van der Waals surface area contributed by atoms with Gasteiger partial charge in [0.25, 0.3) is 0 Å². The van der Waals surface area contributed by atoms with Crippen molar-refractivity contribution >= 4 is 29.0 Å². The van der Waals surface area contributed by atoms with Crippen molar-refractivity contribution in [2.45, 2.75) is 6.18 Å². The number of amides is 1. The maximum Gasteiger partial charge on any atom is 0.418 e. The van der Waals surface area contributed by atoms with E-state index in [9.17, 15) is 18.0 Å². The molecule has 1 aliphatic rings. The zero-order valence-electron chi connectivity index (χ0n) is 14.2. The van der Waals surface area contributed by atoms with Gasteiger partial charge in [-0.05, 0) is 12.1 Å². The maximum atomic E-state index is 13.0. The molecular formula is C17H17ClF3N5O. The summed E-state index contributed by atoms with van der Waals surface area (Å²) in [4.78, 5) is 24.2. The zero-order valence-corrected chi connectivity index (χ0v) is 15.0. The van der Waals surface area contributed by atoms with Crippen molar-refractivity contribution in [2.75, 3.05) is 42.9 Å². The lowest BCUT2D eigenvalue weighted by atomic mass is 10.1. The lowest BCUT2D eigenvalue weighted by Gasteiger charge is -2.34. The van der Waals surface area contributed by atoms with Gasteiger partial charge in [-0.25, -0.2) is 4.98 Å². The number of anilines is 2. The van der Waals surface area contributed by atoms with E-state index < -0.39 is 17.6 Å². The minimum absolute atomic E-state index is 0.0151. The summed E-state index contributed by atoms with van der Waals surface area (Å²) in [5, 5.41) is 2.66. The maximum absolute atomic E-state index is 13.0.